The average Bonchev–Trinajstić information content (AvgIpc) is 2.71. The van der Waals surface area contributed by atoms with Crippen molar-refractivity contribution in [2.45, 2.75) is 56.3 Å². The first kappa shape index (κ1) is 25.3. The number of fused-ring (bicyclic) bond motifs is 2. The second-order valence-electron chi connectivity index (χ2n) is 9.30. The van der Waals surface area contributed by atoms with E-state index in [9.17, 15) is 27.8 Å². The summed E-state index contributed by atoms with van der Waals surface area (Å²) >= 11 is 6.00. The SMILES string of the molecule is Cc1ncc2c(NC3c4ccc(Cl)c(O)c4C(C)(C)CC3(O)C(F)(F)C(F)(F)F)cc(F)cc2n1. The molecule has 35 heavy (non-hydrogen) atoms. The number of nitrogens with one attached hydrogen (secondary N) is 1. The van der Waals surface area contributed by atoms with Crippen LogP contribution < -0.4 is 5.32 Å². The van der Waals surface area contributed by atoms with E-state index < -0.39 is 47.1 Å². The number of alkyl halides is 5. The summed E-state index contributed by atoms with van der Waals surface area (Å²) in [5, 5.41) is 24.3. The maximum absolute atomic E-state index is 15.0. The molecule has 0 spiro atoms. The van der Waals surface area contributed by atoms with Gasteiger partial charge in [0.15, 0.2) is 5.60 Å². The zero-order valence-electron chi connectivity index (χ0n) is 18.6. The highest BCUT2D eigenvalue weighted by atomic mass is 35.5. The Bertz CT molecular complexity index is 1330. The van der Waals surface area contributed by atoms with Crippen LogP contribution in [0.5, 0.6) is 5.75 Å². The summed E-state index contributed by atoms with van der Waals surface area (Å²) in [7, 11) is 0. The van der Waals surface area contributed by atoms with Gasteiger partial charge in [0.1, 0.15) is 17.4 Å². The highest BCUT2D eigenvalue weighted by molar-refractivity contribution is 6.32. The molecule has 3 N–H and O–H groups in total. The van der Waals surface area contributed by atoms with Gasteiger partial charge in [-0.05, 0) is 36.5 Å². The van der Waals surface area contributed by atoms with Gasteiger partial charge in [0.2, 0.25) is 0 Å². The van der Waals surface area contributed by atoms with E-state index in [0.29, 0.717) is 0 Å². The lowest BCUT2D eigenvalue weighted by molar-refractivity contribution is -0.349. The van der Waals surface area contributed by atoms with Crippen LogP contribution in [0.2, 0.25) is 5.02 Å². The first-order valence-corrected chi connectivity index (χ1v) is 10.8. The van der Waals surface area contributed by atoms with Gasteiger partial charge < -0.3 is 15.5 Å². The minimum absolute atomic E-state index is 0.0158. The van der Waals surface area contributed by atoms with Crippen molar-refractivity contribution in [3.63, 3.8) is 0 Å². The molecule has 1 aromatic heterocycles. The van der Waals surface area contributed by atoms with Crippen molar-refractivity contribution in [2.75, 3.05) is 5.32 Å². The Morgan fingerprint density at radius 2 is 1.80 bits per heavy atom. The molecular weight excluding hydrogens is 500 g/mol. The number of aromatic nitrogens is 2. The van der Waals surface area contributed by atoms with Gasteiger partial charge in [-0.3, -0.25) is 0 Å². The van der Waals surface area contributed by atoms with E-state index in [1.54, 1.807) is 0 Å². The van der Waals surface area contributed by atoms with Gasteiger partial charge in [-0.15, -0.1) is 0 Å². The fourth-order valence-electron chi connectivity index (χ4n) is 4.86. The molecule has 188 valence electrons. The number of nitrogens with zero attached hydrogens (tertiary/aromatic N) is 2. The number of aromatic hydroxyl groups is 1. The fraction of sp³-hybridized carbons (Fsp3) is 0.391. The number of halogens is 7. The first-order valence-electron chi connectivity index (χ1n) is 10.4. The summed E-state index contributed by atoms with van der Waals surface area (Å²) in [5.41, 5.74) is -5.72. The van der Waals surface area contributed by atoms with E-state index in [2.05, 4.69) is 15.3 Å². The predicted molar refractivity (Wildman–Crippen MR) is 117 cm³/mol. The van der Waals surface area contributed by atoms with E-state index >= 15 is 8.78 Å². The molecule has 1 aliphatic rings. The van der Waals surface area contributed by atoms with Crippen LogP contribution in [0.4, 0.5) is 32.0 Å². The summed E-state index contributed by atoms with van der Waals surface area (Å²) in [6, 6.07) is 2.05. The summed E-state index contributed by atoms with van der Waals surface area (Å²) in [5.74, 6) is -6.68. The summed E-state index contributed by atoms with van der Waals surface area (Å²) < 4.78 is 85.3. The third-order valence-electron chi connectivity index (χ3n) is 6.32. The Morgan fingerprint density at radius 1 is 1.14 bits per heavy atom. The van der Waals surface area contributed by atoms with Gasteiger partial charge in [-0.2, -0.15) is 22.0 Å². The molecule has 2 atom stereocenters. The molecular formula is C23H20ClF6N3O2. The van der Waals surface area contributed by atoms with Gasteiger partial charge in [0.05, 0.1) is 16.6 Å². The van der Waals surface area contributed by atoms with E-state index in [1.165, 1.54) is 27.0 Å². The van der Waals surface area contributed by atoms with Crippen molar-refractivity contribution in [3.05, 3.63) is 58.3 Å². The standard InChI is InChI=1S/C23H20ClF6N3O2/c1-10-31-8-13-15(32-10)6-11(25)7-16(13)33-19-12-4-5-14(24)18(34)17(12)20(2,3)9-21(19,35)22(26,27)23(28,29)30/h4-8,19,33-35H,9H2,1-3H3. The van der Waals surface area contributed by atoms with Crippen LogP contribution in [0.3, 0.4) is 0 Å². The molecule has 3 aromatic rings. The molecule has 2 aromatic carbocycles. The van der Waals surface area contributed by atoms with Crippen LogP contribution in [-0.4, -0.2) is 37.9 Å². The maximum atomic E-state index is 15.0. The number of benzene rings is 2. The Labute approximate surface area is 200 Å². The molecule has 4 rings (SSSR count). The van der Waals surface area contributed by atoms with Crippen LogP contribution in [0.15, 0.2) is 30.5 Å². The number of hydrogen-bond acceptors (Lipinski definition) is 5. The van der Waals surface area contributed by atoms with Gasteiger partial charge in [0.25, 0.3) is 0 Å². The van der Waals surface area contributed by atoms with Crippen molar-refractivity contribution in [1.82, 2.24) is 9.97 Å². The molecule has 12 heteroatoms. The third-order valence-corrected chi connectivity index (χ3v) is 6.63. The lowest BCUT2D eigenvalue weighted by atomic mass is 9.61. The van der Waals surface area contributed by atoms with Crippen molar-refractivity contribution >= 4 is 28.2 Å². The van der Waals surface area contributed by atoms with Crippen LogP contribution in [0.1, 0.15) is 43.3 Å². The molecule has 2 unspecified atom stereocenters. The zero-order chi connectivity index (χ0) is 26.1. The minimum Gasteiger partial charge on any atom is -0.506 e. The fourth-order valence-corrected chi connectivity index (χ4v) is 5.01. The highest BCUT2D eigenvalue weighted by Gasteiger charge is 2.74. The second kappa shape index (κ2) is 7.86. The first-order chi connectivity index (χ1) is 16.0. The molecule has 1 aliphatic carbocycles. The number of phenolic OH excluding ortho intramolecular Hbond substituents is 1. The smallest absolute Gasteiger partial charge is 0.456 e. The van der Waals surface area contributed by atoms with Crippen molar-refractivity contribution in [1.29, 1.82) is 0 Å². The monoisotopic (exact) mass is 519 g/mol. The van der Waals surface area contributed by atoms with E-state index in [0.717, 1.165) is 24.3 Å². The minimum atomic E-state index is -6.12. The number of rotatable bonds is 3. The second-order valence-corrected chi connectivity index (χ2v) is 9.71. The number of aliphatic hydroxyl groups is 1. The van der Waals surface area contributed by atoms with Crippen molar-refractivity contribution in [3.8, 4) is 5.75 Å². The molecule has 0 radical (unpaired) electrons. The van der Waals surface area contributed by atoms with Gasteiger partial charge in [0, 0.05) is 28.9 Å². The van der Waals surface area contributed by atoms with Crippen molar-refractivity contribution < 1.29 is 36.6 Å². The Balaban J connectivity index is 2.02. The number of anilines is 1. The molecule has 1 heterocycles. The van der Waals surface area contributed by atoms with Crippen molar-refractivity contribution in [2.24, 2.45) is 0 Å². The predicted octanol–water partition coefficient (Wildman–Crippen LogP) is 6.20. The van der Waals surface area contributed by atoms with Gasteiger partial charge >= 0.3 is 12.1 Å². The van der Waals surface area contributed by atoms with Gasteiger partial charge in [-0.25, -0.2) is 14.4 Å². The van der Waals surface area contributed by atoms with E-state index in [1.807, 2.05) is 0 Å². The van der Waals surface area contributed by atoms with Crippen LogP contribution >= 0.6 is 11.6 Å². The van der Waals surface area contributed by atoms with Crippen LogP contribution in [0.25, 0.3) is 10.9 Å². The zero-order valence-corrected chi connectivity index (χ0v) is 19.4. The number of phenols is 1. The summed E-state index contributed by atoms with van der Waals surface area (Å²) in [6.45, 7) is 4.15. The molecule has 0 amide bonds. The summed E-state index contributed by atoms with van der Waals surface area (Å²) in [6.07, 6.45) is -5.98. The Kier molecular flexibility index (Phi) is 5.68. The lowest BCUT2D eigenvalue weighted by Gasteiger charge is -2.51. The number of aryl methyl sites for hydroxylation is 1. The quantitative estimate of drug-likeness (QED) is 0.359. The maximum Gasteiger partial charge on any atom is 0.456 e. The average molecular weight is 520 g/mol. The Hall–Kier alpha value is -2.79. The summed E-state index contributed by atoms with van der Waals surface area (Å²) in [4.78, 5) is 8.06. The molecule has 0 bridgehead atoms. The van der Waals surface area contributed by atoms with Gasteiger partial charge in [-0.1, -0.05) is 31.5 Å². The van der Waals surface area contributed by atoms with E-state index in [4.69, 9.17) is 11.6 Å². The molecule has 0 saturated heterocycles. The lowest BCUT2D eigenvalue weighted by Crippen LogP contribution is -2.65. The van der Waals surface area contributed by atoms with Crippen LogP contribution in [-0.2, 0) is 5.41 Å². The topological polar surface area (TPSA) is 78.3 Å². The van der Waals surface area contributed by atoms with Crippen LogP contribution in [0, 0.1) is 12.7 Å². The normalized spacial score (nSPS) is 22.2. The molecule has 0 saturated carbocycles. The third kappa shape index (κ3) is 3.85. The largest absolute Gasteiger partial charge is 0.506 e. The number of hydrogen-bond donors (Lipinski definition) is 3. The van der Waals surface area contributed by atoms with E-state index in [-0.39, 0.29) is 38.6 Å². The molecule has 0 fully saturated rings. The molecule has 0 aliphatic heterocycles. The molecule has 5 nitrogen and oxygen atoms in total. The Morgan fingerprint density at radius 3 is 2.43 bits per heavy atom. The highest BCUT2D eigenvalue weighted by Crippen LogP contribution is 2.60.